The number of nitrogens with zero attached hydrogens (tertiary/aromatic N) is 5. The molecule has 8 heteroatoms. The number of aryl methyl sites for hydroxylation is 3. The Bertz CT molecular complexity index is 776. The second-order valence-electron chi connectivity index (χ2n) is 4.31. The van der Waals surface area contributed by atoms with Gasteiger partial charge in [0.1, 0.15) is 5.52 Å². The van der Waals surface area contributed by atoms with Crippen molar-refractivity contribution < 1.29 is 14.4 Å². The van der Waals surface area contributed by atoms with Crippen molar-refractivity contribution in [2.75, 3.05) is 0 Å². The Balaban J connectivity index is 1.87. The van der Waals surface area contributed by atoms with Gasteiger partial charge in [-0.05, 0) is 25.1 Å². The van der Waals surface area contributed by atoms with Crippen LogP contribution < -0.4 is 0 Å². The molecule has 2 heterocycles. The van der Waals surface area contributed by atoms with Gasteiger partial charge in [0, 0.05) is 6.42 Å². The molecule has 0 bridgehead atoms. The van der Waals surface area contributed by atoms with Gasteiger partial charge in [-0.25, -0.2) is 9.48 Å². The van der Waals surface area contributed by atoms with Crippen molar-refractivity contribution in [2.45, 2.75) is 19.9 Å². The number of aromatic nitrogens is 5. The van der Waals surface area contributed by atoms with Gasteiger partial charge in [0.25, 0.3) is 0 Å². The lowest BCUT2D eigenvalue weighted by Crippen LogP contribution is -2.04. The van der Waals surface area contributed by atoms with Gasteiger partial charge < -0.3 is 9.63 Å². The Kier molecular flexibility index (Phi) is 2.90. The minimum absolute atomic E-state index is 0.203. The number of aromatic carboxylic acids is 1. The quantitative estimate of drug-likeness (QED) is 0.757. The Morgan fingerprint density at radius 3 is 3.00 bits per heavy atom. The summed E-state index contributed by atoms with van der Waals surface area (Å²) in [5.74, 6) is 0.115. The van der Waals surface area contributed by atoms with Gasteiger partial charge in [-0.3, -0.25) is 0 Å². The summed E-state index contributed by atoms with van der Waals surface area (Å²) in [7, 11) is 0. The van der Waals surface area contributed by atoms with E-state index in [1.807, 2.05) is 0 Å². The van der Waals surface area contributed by atoms with E-state index < -0.39 is 5.97 Å². The summed E-state index contributed by atoms with van der Waals surface area (Å²) in [6.07, 6.45) is 0.511. The maximum atomic E-state index is 11.0. The Morgan fingerprint density at radius 1 is 1.45 bits per heavy atom. The van der Waals surface area contributed by atoms with Crippen LogP contribution in [0.4, 0.5) is 0 Å². The Morgan fingerprint density at radius 2 is 2.30 bits per heavy atom. The summed E-state index contributed by atoms with van der Waals surface area (Å²) in [5, 5.41) is 20.7. The predicted octanol–water partition coefficient (Wildman–Crippen LogP) is 1.06. The van der Waals surface area contributed by atoms with Crippen molar-refractivity contribution in [3.05, 3.63) is 35.5 Å². The van der Waals surface area contributed by atoms with Crippen molar-refractivity contribution in [1.82, 2.24) is 25.1 Å². The van der Waals surface area contributed by atoms with Crippen molar-refractivity contribution in [3.8, 4) is 0 Å². The maximum absolute atomic E-state index is 11.0. The van der Waals surface area contributed by atoms with Crippen molar-refractivity contribution in [1.29, 1.82) is 0 Å². The number of carbonyl (C=O) groups is 1. The lowest BCUT2D eigenvalue weighted by molar-refractivity contribution is 0.0697. The molecule has 0 unspecified atom stereocenters. The zero-order chi connectivity index (χ0) is 14.1. The number of hydrogen-bond donors (Lipinski definition) is 1. The summed E-state index contributed by atoms with van der Waals surface area (Å²) < 4.78 is 6.65. The van der Waals surface area contributed by atoms with Crippen LogP contribution in [0.5, 0.6) is 0 Å². The fourth-order valence-corrected chi connectivity index (χ4v) is 1.91. The van der Waals surface area contributed by atoms with E-state index in [-0.39, 0.29) is 5.56 Å². The minimum Gasteiger partial charge on any atom is -0.478 e. The molecule has 0 radical (unpaired) electrons. The number of carboxylic acid groups (broad SMARTS) is 1. The van der Waals surface area contributed by atoms with Crippen LogP contribution in [0.3, 0.4) is 0 Å². The highest BCUT2D eigenvalue weighted by atomic mass is 16.5. The second kappa shape index (κ2) is 4.72. The van der Waals surface area contributed by atoms with Crippen LogP contribution in [-0.4, -0.2) is 36.2 Å². The first-order valence-electron chi connectivity index (χ1n) is 5.99. The number of rotatable bonds is 4. The maximum Gasteiger partial charge on any atom is 0.335 e. The van der Waals surface area contributed by atoms with Crippen LogP contribution in [0, 0.1) is 6.92 Å². The van der Waals surface area contributed by atoms with Crippen LogP contribution >= 0.6 is 0 Å². The molecule has 0 amide bonds. The number of benzene rings is 1. The SMILES string of the molecule is Cc1noc(CCn2nnc3ccc(C(=O)O)cc32)n1. The molecule has 2 aromatic heterocycles. The van der Waals surface area contributed by atoms with Gasteiger partial charge in [-0.2, -0.15) is 4.98 Å². The molecule has 3 rings (SSSR count). The molecule has 0 aliphatic rings. The van der Waals surface area contributed by atoms with Crippen molar-refractivity contribution >= 4 is 17.0 Å². The van der Waals surface area contributed by atoms with Gasteiger partial charge >= 0.3 is 5.97 Å². The van der Waals surface area contributed by atoms with E-state index in [0.29, 0.717) is 35.7 Å². The first kappa shape index (κ1) is 12.3. The second-order valence-corrected chi connectivity index (χ2v) is 4.31. The van der Waals surface area contributed by atoms with Gasteiger partial charge in [0.15, 0.2) is 5.82 Å². The highest BCUT2D eigenvalue weighted by Crippen LogP contribution is 2.14. The molecule has 0 aliphatic heterocycles. The Labute approximate surface area is 113 Å². The summed E-state index contributed by atoms with van der Waals surface area (Å²) in [4.78, 5) is 15.1. The molecule has 0 aliphatic carbocycles. The van der Waals surface area contributed by atoms with E-state index in [2.05, 4.69) is 20.5 Å². The molecule has 20 heavy (non-hydrogen) atoms. The third kappa shape index (κ3) is 2.22. The van der Waals surface area contributed by atoms with Gasteiger partial charge in [-0.1, -0.05) is 10.4 Å². The lowest BCUT2D eigenvalue weighted by atomic mass is 10.2. The predicted molar refractivity (Wildman–Crippen MR) is 67.2 cm³/mol. The molecule has 0 saturated carbocycles. The fraction of sp³-hybridized carbons (Fsp3) is 0.250. The van der Waals surface area contributed by atoms with E-state index in [9.17, 15) is 4.79 Å². The van der Waals surface area contributed by atoms with Gasteiger partial charge in [-0.15, -0.1) is 5.10 Å². The fourth-order valence-electron chi connectivity index (χ4n) is 1.91. The normalized spacial score (nSPS) is 11.1. The van der Waals surface area contributed by atoms with Crippen LogP contribution in [0.15, 0.2) is 22.7 Å². The van der Waals surface area contributed by atoms with Crippen LogP contribution in [0.2, 0.25) is 0 Å². The first-order valence-corrected chi connectivity index (χ1v) is 5.99. The summed E-state index contributed by atoms with van der Waals surface area (Å²) >= 11 is 0. The topological polar surface area (TPSA) is 107 Å². The summed E-state index contributed by atoms with van der Waals surface area (Å²) in [5.41, 5.74) is 1.52. The molecule has 102 valence electrons. The average molecular weight is 273 g/mol. The molecule has 1 N–H and O–H groups in total. The molecule has 0 atom stereocenters. The molecule has 0 spiro atoms. The monoisotopic (exact) mass is 273 g/mol. The van der Waals surface area contributed by atoms with Gasteiger partial charge in [0.05, 0.1) is 17.6 Å². The highest BCUT2D eigenvalue weighted by molar-refractivity contribution is 5.92. The van der Waals surface area contributed by atoms with E-state index in [0.717, 1.165) is 0 Å². The molecule has 1 aromatic carbocycles. The van der Waals surface area contributed by atoms with Crippen molar-refractivity contribution in [3.63, 3.8) is 0 Å². The van der Waals surface area contributed by atoms with Crippen molar-refractivity contribution in [2.24, 2.45) is 0 Å². The first-order chi connectivity index (χ1) is 9.63. The van der Waals surface area contributed by atoms with E-state index in [1.54, 1.807) is 23.7 Å². The highest BCUT2D eigenvalue weighted by Gasteiger charge is 2.10. The molecular weight excluding hydrogens is 262 g/mol. The average Bonchev–Trinajstić information content (AvgIpc) is 3.02. The van der Waals surface area contributed by atoms with E-state index >= 15 is 0 Å². The minimum atomic E-state index is -0.979. The van der Waals surface area contributed by atoms with E-state index in [4.69, 9.17) is 9.63 Å². The third-order valence-corrected chi connectivity index (χ3v) is 2.87. The molecule has 0 saturated heterocycles. The van der Waals surface area contributed by atoms with Crippen LogP contribution in [0.1, 0.15) is 22.1 Å². The van der Waals surface area contributed by atoms with Crippen LogP contribution in [0.25, 0.3) is 11.0 Å². The largest absolute Gasteiger partial charge is 0.478 e. The smallest absolute Gasteiger partial charge is 0.335 e. The summed E-state index contributed by atoms with van der Waals surface area (Å²) in [6.45, 7) is 2.23. The van der Waals surface area contributed by atoms with E-state index in [1.165, 1.54) is 6.07 Å². The van der Waals surface area contributed by atoms with Crippen LogP contribution in [-0.2, 0) is 13.0 Å². The third-order valence-electron chi connectivity index (χ3n) is 2.87. The number of fused-ring (bicyclic) bond motifs is 1. The lowest BCUT2D eigenvalue weighted by Gasteiger charge is -2.00. The summed E-state index contributed by atoms with van der Waals surface area (Å²) in [6, 6.07) is 4.70. The molecular formula is C12H11N5O3. The zero-order valence-electron chi connectivity index (χ0n) is 10.6. The Hall–Kier alpha value is -2.77. The molecule has 3 aromatic rings. The van der Waals surface area contributed by atoms with Gasteiger partial charge in [0.2, 0.25) is 5.89 Å². The standard InChI is InChI=1S/C12H11N5O3/c1-7-13-11(20-15-7)4-5-17-10-6-8(12(18)19)2-3-9(10)14-16-17/h2-3,6H,4-5H2,1H3,(H,18,19). The molecule has 8 nitrogen and oxygen atoms in total. The molecule has 0 fully saturated rings. The number of hydrogen-bond acceptors (Lipinski definition) is 6. The zero-order valence-corrected chi connectivity index (χ0v) is 10.6. The number of carboxylic acids is 1.